The zero-order valence-electron chi connectivity index (χ0n) is 11.2. The maximum Gasteiger partial charge on any atom is 0.303 e. The van der Waals surface area contributed by atoms with Gasteiger partial charge >= 0.3 is 5.97 Å². The zero-order valence-corrected chi connectivity index (χ0v) is 11.2. The smallest absolute Gasteiger partial charge is 0.303 e. The van der Waals surface area contributed by atoms with E-state index in [1.165, 1.54) is 12.1 Å². The zero-order chi connectivity index (χ0) is 15.2. The second kappa shape index (κ2) is 6.56. The Bertz CT molecular complexity index is 667. The highest BCUT2D eigenvalue weighted by molar-refractivity contribution is 6.06. The van der Waals surface area contributed by atoms with E-state index in [1.807, 2.05) is 0 Å². The van der Waals surface area contributed by atoms with Gasteiger partial charge in [0.15, 0.2) is 0 Å². The predicted molar refractivity (Wildman–Crippen MR) is 78.5 cm³/mol. The predicted octanol–water partition coefficient (Wildman–Crippen LogP) is 2.66. The molecular formula is C16H15NO4. The van der Waals surface area contributed by atoms with Crippen molar-refractivity contribution in [1.29, 1.82) is 0 Å². The fourth-order valence-corrected chi connectivity index (χ4v) is 1.92. The van der Waals surface area contributed by atoms with Gasteiger partial charge in [0.25, 0.3) is 5.91 Å². The van der Waals surface area contributed by atoms with Crippen LogP contribution in [0.4, 0.5) is 5.69 Å². The second-order valence-electron chi connectivity index (χ2n) is 4.57. The van der Waals surface area contributed by atoms with Crippen molar-refractivity contribution in [2.24, 2.45) is 0 Å². The number of carbonyl (C=O) groups excluding carboxylic acids is 1. The van der Waals surface area contributed by atoms with Gasteiger partial charge in [-0.2, -0.15) is 0 Å². The Kier molecular flexibility index (Phi) is 4.56. The molecule has 5 heteroatoms. The summed E-state index contributed by atoms with van der Waals surface area (Å²) < 4.78 is 0. The van der Waals surface area contributed by atoms with Gasteiger partial charge in [-0.15, -0.1) is 0 Å². The van der Waals surface area contributed by atoms with E-state index in [1.54, 1.807) is 36.4 Å². The first-order valence-electron chi connectivity index (χ1n) is 6.46. The van der Waals surface area contributed by atoms with E-state index in [9.17, 15) is 14.7 Å². The summed E-state index contributed by atoms with van der Waals surface area (Å²) in [5.41, 5.74) is 1.58. The molecule has 0 aromatic heterocycles. The number of benzene rings is 2. The van der Waals surface area contributed by atoms with Gasteiger partial charge in [-0.3, -0.25) is 9.59 Å². The van der Waals surface area contributed by atoms with Crippen molar-refractivity contribution >= 4 is 17.6 Å². The first-order valence-corrected chi connectivity index (χ1v) is 6.46. The van der Waals surface area contributed by atoms with Gasteiger partial charge in [0, 0.05) is 12.1 Å². The number of nitrogens with one attached hydrogen (secondary N) is 1. The molecule has 0 heterocycles. The summed E-state index contributed by atoms with van der Waals surface area (Å²) in [6, 6.07) is 13.3. The van der Waals surface area contributed by atoms with Gasteiger partial charge in [0.2, 0.25) is 0 Å². The van der Waals surface area contributed by atoms with Crippen molar-refractivity contribution in [3.05, 3.63) is 59.7 Å². The monoisotopic (exact) mass is 285 g/mol. The Labute approximate surface area is 121 Å². The maximum atomic E-state index is 12.0. The third-order valence-corrected chi connectivity index (χ3v) is 2.96. The lowest BCUT2D eigenvalue weighted by Crippen LogP contribution is -2.12. The molecule has 3 N–H and O–H groups in total. The van der Waals surface area contributed by atoms with E-state index in [-0.39, 0.29) is 17.7 Å². The van der Waals surface area contributed by atoms with Gasteiger partial charge in [-0.05, 0) is 36.2 Å². The number of carbonyl (C=O) groups is 2. The number of carboxylic acids is 1. The molecule has 0 saturated carbocycles. The van der Waals surface area contributed by atoms with Crippen LogP contribution in [0.5, 0.6) is 5.75 Å². The quantitative estimate of drug-likeness (QED) is 0.788. The molecule has 0 aliphatic rings. The number of anilines is 1. The topological polar surface area (TPSA) is 86.6 Å². The number of phenols is 1. The molecule has 0 saturated heterocycles. The first-order chi connectivity index (χ1) is 10.1. The third kappa shape index (κ3) is 4.07. The summed E-state index contributed by atoms with van der Waals surface area (Å²) in [5, 5.41) is 21.0. The highest BCUT2D eigenvalue weighted by atomic mass is 16.4. The molecule has 2 aromatic rings. The van der Waals surface area contributed by atoms with Crippen molar-refractivity contribution in [2.45, 2.75) is 12.8 Å². The average Bonchev–Trinajstić information content (AvgIpc) is 2.46. The van der Waals surface area contributed by atoms with Gasteiger partial charge < -0.3 is 15.5 Å². The van der Waals surface area contributed by atoms with Crippen LogP contribution in [-0.2, 0) is 11.2 Å². The standard InChI is InChI=1S/C16H15NO4/c18-14-7-2-1-6-13(14)16(21)17-12-5-3-4-11(10-12)8-9-15(19)20/h1-7,10,18H,8-9H2,(H,17,21)(H,19,20). The van der Waals surface area contributed by atoms with E-state index in [4.69, 9.17) is 5.11 Å². The number of phenolic OH excluding ortho intramolecular Hbond substituents is 1. The molecule has 108 valence electrons. The van der Waals surface area contributed by atoms with Crippen molar-refractivity contribution in [2.75, 3.05) is 5.32 Å². The number of aryl methyl sites for hydroxylation is 1. The summed E-state index contributed by atoms with van der Waals surface area (Å²) in [6.07, 6.45) is 0.437. The summed E-state index contributed by atoms with van der Waals surface area (Å²) >= 11 is 0. The van der Waals surface area contributed by atoms with Crippen molar-refractivity contribution < 1.29 is 19.8 Å². The Balaban J connectivity index is 2.09. The molecule has 5 nitrogen and oxygen atoms in total. The highest BCUT2D eigenvalue weighted by Crippen LogP contribution is 2.18. The molecular weight excluding hydrogens is 270 g/mol. The van der Waals surface area contributed by atoms with Crippen LogP contribution < -0.4 is 5.32 Å². The largest absolute Gasteiger partial charge is 0.507 e. The maximum absolute atomic E-state index is 12.0. The van der Waals surface area contributed by atoms with Crippen LogP contribution in [0.15, 0.2) is 48.5 Å². The molecule has 0 unspecified atom stereocenters. The minimum absolute atomic E-state index is 0.0386. The number of rotatable bonds is 5. The lowest BCUT2D eigenvalue weighted by Gasteiger charge is -2.08. The molecule has 2 rings (SSSR count). The number of aliphatic carboxylic acids is 1. The molecule has 0 radical (unpaired) electrons. The summed E-state index contributed by atoms with van der Waals surface area (Å²) in [4.78, 5) is 22.6. The Morgan fingerprint density at radius 2 is 1.81 bits per heavy atom. The SMILES string of the molecule is O=C(O)CCc1cccc(NC(=O)c2ccccc2O)c1. The van der Waals surface area contributed by atoms with Gasteiger partial charge in [0.05, 0.1) is 5.56 Å². The van der Waals surface area contributed by atoms with Gasteiger partial charge in [0.1, 0.15) is 5.75 Å². The Hall–Kier alpha value is -2.82. The van der Waals surface area contributed by atoms with E-state index < -0.39 is 11.9 Å². The number of carboxylic acid groups (broad SMARTS) is 1. The van der Waals surface area contributed by atoms with E-state index in [0.29, 0.717) is 12.1 Å². The van der Waals surface area contributed by atoms with Crippen molar-refractivity contribution in [3.8, 4) is 5.75 Å². The fraction of sp³-hybridized carbons (Fsp3) is 0.125. The Morgan fingerprint density at radius 3 is 2.52 bits per heavy atom. The van der Waals surface area contributed by atoms with Crippen LogP contribution >= 0.6 is 0 Å². The van der Waals surface area contributed by atoms with Crippen LogP contribution in [-0.4, -0.2) is 22.1 Å². The first kappa shape index (κ1) is 14.6. The molecule has 0 atom stereocenters. The van der Waals surface area contributed by atoms with Crippen LogP contribution in [0, 0.1) is 0 Å². The Morgan fingerprint density at radius 1 is 1.05 bits per heavy atom. The molecule has 0 bridgehead atoms. The molecule has 2 aromatic carbocycles. The van der Waals surface area contributed by atoms with Crippen molar-refractivity contribution in [1.82, 2.24) is 0 Å². The van der Waals surface area contributed by atoms with Crippen LogP contribution in [0.3, 0.4) is 0 Å². The number of para-hydroxylation sites is 1. The minimum atomic E-state index is -0.862. The summed E-state index contributed by atoms with van der Waals surface area (Å²) in [5.74, 6) is -1.36. The molecule has 0 fully saturated rings. The molecule has 0 aliphatic heterocycles. The minimum Gasteiger partial charge on any atom is -0.507 e. The number of hydrogen-bond acceptors (Lipinski definition) is 3. The van der Waals surface area contributed by atoms with Crippen LogP contribution in [0.1, 0.15) is 22.3 Å². The van der Waals surface area contributed by atoms with Crippen molar-refractivity contribution in [3.63, 3.8) is 0 Å². The number of aromatic hydroxyl groups is 1. The fourth-order valence-electron chi connectivity index (χ4n) is 1.92. The average molecular weight is 285 g/mol. The number of amides is 1. The molecule has 21 heavy (non-hydrogen) atoms. The normalized spacial score (nSPS) is 10.1. The van der Waals surface area contributed by atoms with Crippen LogP contribution in [0.25, 0.3) is 0 Å². The lowest BCUT2D eigenvalue weighted by molar-refractivity contribution is -0.136. The molecule has 0 spiro atoms. The van der Waals surface area contributed by atoms with Gasteiger partial charge in [-0.25, -0.2) is 0 Å². The van der Waals surface area contributed by atoms with Gasteiger partial charge in [-0.1, -0.05) is 24.3 Å². The number of hydrogen-bond donors (Lipinski definition) is 3. The van der Waals surface area contributed by atoms with E-state index in [2.05, 4.69) is 5.32 Å². The summed E-state index contributed by atoms with van der Waals surface area (Å²) in [7, 11) is 0. The second-order valence-corrected chi connectivity index (χ2v) is 4.57. The summed E-state index contributed by atoms with van der Waals surface area (Å²) in [6.45, 7) is 0. The van der Waals surface area contributed by atoms with E-state index in [0.717, 1.165) is 5.56 Å². The highest BCUT2D eigenvalue weighted by Gasteiger charge is 2.10. The lowest BCUT2D eigenvalue weighted by atomic mass is 10.1. The molecule has 0 aliphatic carbocycles. The third-order valence-electron chi connectivity index (χ3n) is 2.96. The molecule has 1 amide bonds. The van der Waals surface area contributed by atoms with E-state index >= 15 is 0 Å². The van der Waals surface area contributed by atoms with Crippen LogP contribution in [0.2, 0.25) is 0 Å².